The number of methoxy groups -OCH3 is 2. The van der Waals surface area contributed by atoms with Crippen molar-refractivity contribution in [1.29, 1.82) is 5.26 Å². The number of esters is 2. The lowest BCUT2D eigenvalue weighted by Crippen LogP contribution is -2.46. The SMILES string of the molecule is COc1ccc(C(OCC(CNC(=O)NCC(COP(OCCC#N)N(C(C)C)C(C)C)OC(C)=O)OC(C)=O)(c2ccccc2)c2ccc(OC)cc2)cc1. The summed E-state index contributed by atoms with van der Waals surface area (Å²) in [6.45, 7) is 10.4. The van der Waals surface area contributed by atoms with Crippen LogP contribution in [0.5, 0.6) is 11.5 Å². The van der Waals surface area contributed by atoms with Crippen LogP contribution in [0.3, 0.4) is 0 Å². The van der Waals surface area contributed by atoms with Crippen LogP contribution in [0.1, 0.15) is 64.7 Å². The second kappa shape index (κ2) is 23.3. The Labute approximate surface area is 331 Å². The zero-order valence-corrected chi connectivity index (χ0v) is 34.4. The molecule has 3 aromatic rings. The first-order valence-electron chi connectivity index (χ1n) is 18.4. The van der Waals surface area contributed by atoms with E-state index in [1.54, 1.807) is 14.2 Å². The van der Waals surface area contributed by atoms with Crippen LogP contribution in [0.15, 0.2) is 78.9 Å². The average Bonchev–Trinajstić information content (AvgIpc) is 3.18. The van der Waals surface area contributed by atoms with Crippen LogP contribution < -0.4 is 20.1 Å². The largest absolute Gasteiger partial charge is 0.497 e. The van der Waals surface area contributed by atoms with Crippen LogP contribution in [0.4, 0.5) is 4.79 Å². The van der Waals surface area contributed by atoms with E-state index in [0.29, 0.717) is 11.5 Å². The van der Waals surface area contributed by atoms with E-state index in [2.05, 4.69) is 16.7 Å². The molecule has 0 radical (unpaired) electrons. The lowest BCUT2D eigenvalue weighted by atomic mass is 9.80. The maximum absolute atomic E-state index is 13.1. The zero-order chi connectivity index (χ0) is 41.1. The van der Waals surface area contributed by atoms with Crippen LogP contribution in [0.2, 0.25) is 0 Å². The number of benzene rings is 3. The van der Waals surface area contributed by atoms with Crippen LogP contribution in [-0.2, 0) is 38.4 Å². The molecule has 3 atom stereocenters. The molecular formula is C41H55N4O10P. The highest BCUT2D eigenvalue weighted by Crippen LogP contribution is 2.46. The first-order valence-corrected chi connectivity index (χ1v) is 19.5. The van der Waals surface area contributed by atoms with Crippen molar-refractivity contribution in [3.63, 3.8) is 0 Å². The van der Waals surface area contributed by atoms with Crippen molar-refractivity contribution in [3.05, 3.63) is 95.6 Å². The van der Waals surface area contributed by atoms with E-state index in [1.165, 1.54) is 13.8 Å². The van der Waals surface area contributed by atoms with Crippen molar-refractivity contribution in [2.24, 2.45) is 0 Å². The Morgan fingerprint density at radius 1 is 0.714 bits per heavy atom. The molecule has 0 aliphatic heterocycles. The number of hydrogen-bond donors (Lipinski definition) is 2. The maximum Gasteiger partial charge on any atom is 0.315 e. The summed E-state index contributed by atoms with van der Waals surface area (Å²) in [7, 11) is 1.58. The molecule has 2 N–H and O–H groups in total. The van der Waals surface area contributed by atoms with Crippen molar-refractivity contribution >= 4 is 26.5 Å². The predicted molar refractivity (Wildman–Crippen MR) is 212 cm³/mol. The third kappa shape index (κ3) is 13.8. The highest BCUT2D eigenvalue weighted by molar-refractivity contribution is 7.44. The van der Waals surface area contributed by atoms with Gasteiger partial charge in [0.05, 0.1) is 59.6 Å². The molecule has 0 aliphatic carbocycles. The van der Waals surface area contributed by atoms with Crippen molar-refractivity contribution in [1.82, 2.24) is 15.3 Å². The molecule has 2 amide bonds. The third-order valence-electron chi connectivity index (χ3n) is 8.34. The van der Waals surface area contributed by atoms with Gasteiger partial charge in [-0.25, -0.2) is 9.46 Å². The number of amides is 2. The topological polar surface area (TPSA) is 167 Å². The van der Waals surface area contributed by atoms with Crippen molar-refractivity contribution in [3.8, 4) is 17.6 Å². The maximum atomic E-state index is 13.1. The Morgan fingerprint density at radius 2 is 1.18 bits per heavy atom. The minimum Gasteiger partial charge on any atom is -0.497 e. The quantitative estimate of drug-likeness (QED) is 0.0466. The van der Waals surface area contributed by atoms with E-state index in [1.807, 2.05) is 111 Å². The molecule has 0 aliphatic rings. The molecule has 304 valence electrons. The average molecular weight is 795 g/mol. The molecule has 3 unspecified atom stereocenters. The van der Waals surface area contributed by atoms with Gasteiger partial charge in [0.2, 0.25) is 0 Å². The molecule has 3 aromatic carbocycles. The first-order chi connectivity index (χ1) is 26.8. The summed E-state index contributed by atoms with van der Waals surface area (Å²) in [5, 5.41) is 14.5. The predicted octanol–water partition coefficient (Wildman–Crippen LogP) is 6.47. The smallest absolute Gasteiger partial charge is 0.315 e. The fourth-order valence-corrected chi connectivity index (χ4v) is 7.60. The number of ether oxygens (including phenoxy) is 5. The normalized spacial score (nSPS) is 13.0. The van der Waals surface area contributed by atoms with Gasteiger partial charge in [0, 0.05) is 25.9 Å². The van der Waals surface area contributed by atoms with Gasteiger partial charge in [-0.1, -0.05) is 54.6 Å². The lowest BCUT2D eigenvalue weighted by Gasteiger charge is -2.37. The van der Waals surface area contributed by atoms with Gasteiger partial charge in [-0.3, -0.25) is 9.59 Å². The Kier molecular flexibility index (Phi) is 19.0. The van der Waals surface area contributed by atoms with Gasteiger partial charge >= 0.3 is 18.0 Å². The van der Waals surface area contributed by atoms with Crippen molar-refractivity contribution in [2.45, 2.75) is 77.9 Å². The molecule has 0 saturated heterocycles. The summed E-state index contributed by atoms with van der Waals surface area (Å²) in [4.78, 5) is 37.4. The van der Waals surface area contributed by atoms with Crippen LogP contribution in [-0.4, -0.2) is 94.1 Å². The minimum atomic E-state index is -1.60. The van der Waals surface area contributed by atoms with Crippen LogP contribution in [0.25, 0.3) is 0 Å². The van der Waals surface area contributed by atoms with Gasteiger partial charge in [-0.2, -0.15) is 5.26 Å². The molecule has 0 heterocycles. The Balaban J connectivity index is 1.80. The minimum absolute atomic E-state index is 0.0682. The molecular weight excluding hydrogens is 739 g/mol. The Hall–Kier alpha value is -4.77. The summed E-state index contributed by atoms with van der Waals surface area (Å²) in [5.74, 6) is 0.220. The molecule has 56 heavy (non-hydrogen) atoms. The second-order valence-electron chi connectivity index (χ2n) is 13.2. The molecule has 15 heteroatoms. The van der Waals surface area contributed by atoms with Crippen LogP contribution in [0, 0.1) is 11.3 Å². The number of nitrogens with zero attached hydrogens (tertiary/aromatic N) is 2. The molecule has 14 nitrogen and oxygen atoms in total. The number of carbonyl (C=O) groups is 3. The molecule has 0 saturated carbocycles. The summed E-state index contributed by atoms with van der Waals surface area (Å²) in [6.07, 6.45) is -1.56. The van der Waals surface area contributed by atoms with E-state index in [9.17, 15) is 14.4 Å². The third-order valence-corrected chi connectivity index (χ3v) is 10.4. The fourth-order valence-electron chi connectivity index (χ4n) is 5.97. The number of rotatable bonds is 23. The molecule has 0 bridgehead atoms. The molecule has 0 fully saturated rings. The number of hydrogen-bond acceptors (Lipinski definition) is 12. The standard InChI is InChI=1S/C41H55N4O10P/c1-29(2)45(30(3)4)56(52-24-12-23-42)53-28-39(55-32(6)47)26-44-40(48)43-25-38(54-31(5)46)27-51-41(33-13-10-9-11-14-33,34-15-19-36(49-7)20-16-34)35-17-21-37(50-8)22-18-35/h9-11,13-22,29-30,38-39H,12,24-28H2,1-8H3,(H2,43,44,48). The summed E-state index contributed by atoms with van der Waals surface area (Å²) >= 11 is 0. The Bertz CT molecular complexity index is 1630. The summed E-state index contributed by atoms with van der Waals surface area (Å²) < 4.78 is 43.0. The second-order valence-corrected chi connectivity index (χ2v) is 14.7. The van der Waals surface area contributed by atoms with Crippen molar-refractivity contribution in [2.75, 3.05) is 47.1 Å². The molecule has 3 rings (SSSR count). The zero-order valence-electron chi connectivity index (χ0n) is 33.5. The van der Waals surface area contributed by atoms with Gasteiger partial charge in [0.25, 0.3) is 8.53 Å². The van der Waals surface area contributed by atoms with Gasteiger partial charge in [0.1, 0.15) is 29.3 Å². The summed E-state index contributed by atoms with van der Waals surface area (Å²) in [6, 6.07) is 26.3. The first kappa shape index (κ1) is 45.6. The Morgan fingerprint density at radius 3 is 1.61 bits per heavy atom. The number of urea groups is 1. The van der Waals surface area contributed by atoms with Gasteiger partial charge in [-0.05, 0) is 68.7 Å². The van der Waals surface area contributed by atoms with E-state index in [0.717, 1.165) is 16.7 Å². The summed E-state index contributed by atoms with van der Waals surface area (Å²) in [5.41, 5.74) is 1.19. The van der Waals surface area contributed by atoms with E-state index >= 15 is 0 Å². The lowest BCUT2D eigenvalue weighted by molar-refractivity contribution is -0.151. The van der Waals surface area contributed by atoms with E-state index in [-0.39, 0.29) is 51.4 Å². The number of carbonyl (C=O) groups excluding carboxylic acids is 3. The van der Waals surface area contributed by atoms with Crippen LogP contribution >= 0.6 is 8.53 Å². The van der Waals surface area contributed by atoms with Crippen molar-refractivity contribution < 1.29 is 47.1 Å². The van der Waals surface area contributed by atoms with Gasteiger partial charge in [-0.15, -0.1) is 0 Å². The highest BCUT2D eigenvalue weighted by Gasteiger charge is 2.39. The number of nitrogens with one attached hydrogen (secondary N) is 2. The van der Waals surface area contributed by atoms with Gasteiger partial charge in [0.15, 0.2) is 0 Å². The van der Waals surface area contributed by atoms with Gasteiger partial charge < -0.3 is 43.4 Å². The highest BCUT2D eigenvalue weighted by atomic mass is 31.2. The monoisotopic (exact) mass is 794 g/mol. The number of nitriles is 1. The molecule has 0 spiro atoms. The molecule has 0 aromatic heterocycles. The fraction of sp³-hybridized carbons (Fsp3) is 0.463. The van der Waals surface area contributed by atoms with E-state index < -0.39 is 44.3 Å². The van der Waals surface area contributed by atoms with E-state index in [4.69, 9.17) is 38.0 Å².